The van der Waals surface area contributed by atoms with Crippen LogP contribution in [0.1, 0.15) is 36.9 Å². The van der Waals surface area contributed by atoms with Gasteiger partial charge in [0.15, 0.2) is 5.65 Å². The van der Waals surface area contributed by atoms with E-state index in [1.54, 1.807) is 0 Å². The van der Waals surface area contributed by atoms with Crippen molar-refractivity contribution in [3.05, 3.63) is 23.7 Å². The first kappa shape index (κ1) is 17.0. The third-order valence-corrected chi connectivity index (χ3v) is 4.60. The number of aromatic nitrogens is 3. The summed E-state index contributed by atoms with van der Waals surface area (Å²) in [6.45, 7) is 7.39. The molecule has 0 aromatic carbocycles. The van der Waals surface area contributed by atoms with Gasteiger partial charge < -0.3 is 15.3 Å². The van der Waals surface area contributed by atoms with Gasteiger partial charge >= 0.3 is 0 Å². The maximum atomic E-state index is 10.4. The molecule has 3 heterocycles. The van der Waals surface area contributed by atoms with Crippen molar-refractivity contribution in [3.63, 3.8) is 0 Å². The van der Waals surface area contributed by atoms with Gasteiger partial charge in [-0.25, -0.2) is 15.0 Å². The minimum absolute atomic E-state index is 0.410. The number of fused-ring (bicyclic) bond motifs is 1. The zero-order valence-corrected chi connectivity index (χ0v) is 14.6. The smallest absolute Gasteiger partial charge is 0.165 e. The molecule has 0 saturated carbocycles. The van der Waals surface area contributed by atoms with E-state index in [9.17, 15) is 5.11 Å². The molecule has 1 aliphatic rings. The summed E-state index contributed by atoms with van der Waals surface area (Å²) in [6, 6.07) is 2.03. The molecule has 3 rings (SSSR count). The van der Waals surface area contributed by atoms with Crippen LogP contribution in [-0.2, 0) is 0 Å². The third kappa shape index (κ3) is 4.19. The SMILES string of the molecule is Cc1cc(C)c2c(NCC(O)CN3CCCCCC3)ncnc2n1. The normalized spacial score (nSPS) is 17.6. The van der Waals surface area contributed by atoms with E-state index < -0.39 is 6.10 Å². The number of aliphatic hydroxyl groups excluding tert-OH is 1. The Morgan fingerprint density at radius 2 is 1.92 bits per heavy atom. The van der Waals surface area contributed by atoms with Crippen molar-refractivity contribution in [1.82, 2.24) is 19.9 Å². The van der Waals surface area contributed by atoms with Gasteiger partial charge in [0.1, 0.15) is 12.1 Å². The second-order valence-electron chi connectivity index (χ2n) is 6.75. The number of rotatable bonds is 5. The van der Waals surface area contributed by atoms with E-state index in [-0.39, 0.29) is 0 Å². The molecule has 6 heteroatoms. The van der Waals surface area contributed by atoms with Crippen LogP contribution in [0.2, 0.25) is 0 Å². The number of hydrogen-bond acceptors (Lipinski definition) is 6. The molecule has 1 saturated heterocycles. The monoisotopic (exact) mass is 329 g/mol. The Labute approximate surface area is 143 Å². The Kier molecular flexibility index (Phi) is 5.58. The van der Waals surface area contributed by atoms with Crippen LogP contribution in [0.5, 0.6) is 0 Å². The number of aryl methyl sites for hydroxylation is 2. The van der Waals surface area contributed by atoms with Crippen molar-refractivity contribution in [2.45, 2.75) is 45.6 Å². The molecule has 0 aliphatic carbocycles. The first-order valence-electron chi connectivity index (χ1n) is 8.87. The van der Waals surface area contributed by atoms with Crippen LogP contribution in [0.25, 0.3) is 11.0 Å². The van der Waals surface area contributed by atoms with Crippen molar-refractivity contribution in [1.29, 1.82) is 0 Å². The van der Waals surface area contributed by atoms with E-state index in [0.29, 0.717) is 18.7 Å². The first-order chi connectivity index (χ1) is 11.6. The molecule has 0 bridgehead atoms. The molecule has 1 atom stereocenters. The highest BCUT2D eigenvalue weighted by molar-refractivity contribution is 5.89. The second kappa shape index (κ2) is 7.85. The van der Waals surface area contributed by atoms with Crippen LogP contribution in [-0.4, -0.2) is 57.2 Å². The van der Waals surface area contributed by atoms with Gasteiger partial charge in [0.2, 0.25) is 0 Å². The Morgan fingerprint density at radius 1 is 1.17 bits per heavy atom. The van der Waals surface area contributed by atoms with Crippen LogP contribution in [0.4, 0.5) is 5.82 Å². The molecule has 2 aromatic heterocycles. The number of nitrogens with one attached hydrogen (secondary N) is 1. The first-order valence-corrected chi connectivity index (χ1v) is 8.87. The number of hydrogen-bond donors (Lipinski definition) is 2. The van der Waals surface area contributed by atoms with Crippen LogP contribution in [0.15, 0.2) is 12.4 Å². The molecule has 24 heavy (non-hydrogen) atoms. The van der Waals surface area contributed by atoms with Gasteiger partial charge in [-0.1, -0.05) is 12.8 Å². The van der Waals surface area contributed by atoms with Crippen LogP contribution in [0.3, 0.4) is 0 Å². The van der Waals surface area contributed by atoms with E-state index in [0.717, 1.165) is 35.6 Å². The highest BCUT2D eigenvalue weighted by Gasteiger charge is 2.15. The number of pyridine rings is 1. The van der Waals surface area contributed by atoms with Gasteiger partial charge in [-0.15, -0.1) is 0 Å². The standard InChI is InChI=1S/C18H27N5O/c1-13-9-14(2)22-18-16(13)17(20-12-21-18)19-10-15(24)11-23-7-5-3-4-6-8-23/h9,12,15,24H,3-8,10-11H2,1-2H3,(H,19,20,21,22). The summed E-state index contributed by atoms with van der Waals surface area (Å²) in [6.07, 6.45) is 6.21. The summed E-state index contributed by atoms with van der Waals surface area (Å²) < 4.78 is 0. The Morgan fingerprint density at radius 3 is 2.67 bits per heavy atom. The number of nitrogens with zero attached hydrogens (tertiary/aromatic N) is 4. The molecule has 2 N–H and O–H groups in total. The fourth-order valence-corrected chi connectivity index (χ4v) is 3.44. The largest absolute Gasteiger partial charge is 0.390 e. The van der Waals surface area contributed by atoms with Crippen molar-refractivity contribution in [3.8, 4) is 0 Å². The lowest BCUT2D eigenvalue weighted by Gasteiger charge is -2.23. The molecule has 0 spiro atoms. The van der Waals surface area contributed by atoms with Gasteiger partial charge in [-0.2, -0.15) is 0 Å². The maximum absolute atomic E-state index is 10.4. The van der Waals surface area contributed by atoms with Crippen molar-refractivity contribution < 1.29 is 5.11 Å². The fraction of sp³-hybridized carbons (Fsp3) is 0.611. The summed E-state index contributed by atoms with van der Waals surface area (Å²) in [5, 5.41) is 14.6. The molecular formula is C18H27N5O. The summed E-state index contributed by atoms with van der Waals surface area (Å²) in [5.41, 5.74) is 2.75. The second-order valence-corrected chi connectivity index (χ2v) is 6.75. The number of aliphatic hydroxyl groups is 1. The van der Waals surface area contributed by atoms with Crippen LogP contribution < -0.4 is 5.32 Å². The van der Waals surface area contributed by atoms with Gasteiger partial charge in [-0.3, -0.25) is 0 Å². The average Bonchev–Trinajstić information content (AvgIpc) is 2.81. The number of anilines is 1. The number of β-amino-alcohol motifs (C(OH)–C–C–N with tert-alkyl or cyclic N) is 1. The van der Waals surface area contributed by atoms with Crippen molar-refractivity contribution in [2.24, 2.45) is 0 Å². The molecule has 6 nitrogen and oxygen atoms in total. The number of likely N-dealkylation sites (tertiary alicyclic amines) is 1. The van der Waals surface area contributed by atoms with Gasteiger partial charge in [0.05, 0.1) is 11.5 Å². The van der Waals surface area contributed by atoms with Crippen molar-refractivity contribution >= 4 is 16.9 Å². The lowest BCUT2D eigenvalue weighted by molar-refractivity contribution is 0.124. The summed E-state index contributed by atoms with van der Waals surface area (Å²) in [4.78, 5) is 15.4. The van der Waals surface area contributed by atoms with Crippen LogP contribution in [0, 0.1) is 13.8 Å². The van der Waals surface area contributed by atoms with E-state index in [2.05, 4.69) is 25.2 Å². The third-order valence-electron chi connectivity index (χ3n) is 4.60. The topological polar surface area (TPSA) is 74.2 Å². The molecule has 1 aliphatic heterocycles. The molecule has 0 radical (unpaired) electrons. The highest BCUT2D eigenvalue weighted by atomic mass is 16.3. The minimum atomic E-state index is -0.410. The molecule has 130 valence electrons. The highest BCUT2D eigenvalue weighted by Crippen LogP contribution is 2.22. The van der Waals surface area contributed by atoms with E-state index in [1.807, 2.05) is 19.9 Å². The maximum Gasteiger partial charge on any atom is 0.165 e. The molecule has 0 amide bonds. The Balaban J connectivity index is 1.64. The molecular weight excluding hydrogens is 302 g/mol. The molecule has 1 unspecified atom stereocenters. The predicted octanol–water partition coefficient (Wildman–Crippen LogP) is 2.29. The fourth-order valence-electron chi connectivity index (χ4n) is 3.44. The zero-order valence-electron chi connectivity index (χ0n) is 14.6. The quantitative estimate of drug-likeness (QED) is 0.877. The Bertz CT molecular complexity index is 682. The van der Waals surface area contributed by atoms with Crippen LogP contribution >= 0.6 is 0 Å². The zero-order chi connectivity index (χ0) is 16.9. The summed E-state index contributed by atoms with van der Waals surface area (Å²) in [5.74, 6) is 0.750. The summed E-state index contributed by atoms with van der Waals surface area (Å²) >= 11 is 0. The van der Waals surface area contributed by atoms with Gasteiger partial charge in [-0.05, 0) is 51.4 Å². The van der Waals surface area contributed by atoms with E-state index in [4.69, 9.17) is 0 Å². The lowest BCUT2D eigenvalue weighted by atomic mass is 10.1. The lowest BCUT2D eigenvalue weighted by Crippen LogP contribution is -2.36. The molecule has 2 aromatic rings. The van der Waals surface area contributed by atoms with E-state index in [1.165, 1.54) is 32.0 Å². The predicted molar refractivity (Wildman–Crippen MR) is 96.2 cm³/mol. The molecule has 1 fully saturated rings. The van der Waals surface area contributed by atoms with Crippen molar-refractivity contribution in [2.75, 3.05) is 31.5 Å². The average molecular weight is 329 g/mol. The summed E-state index contributed by atoms with van der Waals surface area (Å²) in [7, 11) is 0. The Hall–Kier alpha value is -1.79. The van der Waals surface area contributed by atoms with Gasteiger partial charge in [0.25, 0.3) is 0 Å². The minimum Gasteiger partial charge on any atom is -0.390 e. The van der Waals surface area contributed by atoms with E-state index >= 15 is 0 Å². The van der Waals surface area contributed by atoms with Gasteiger partial charge in [0, 0.05) is 18.8 Å².